The highest BCUT2D eigenvalue weighted by Crippen LogP contribution is 2.48. The molecule has 1 saturated carbocycles. The molecule has 0 amide bonds. The maximum atomic E-state index is 14.8. The van der Waals surface area contributed by atoms with Gasteiger partial charge in [-0.15, -0.1) is 4.37 Å². The maximum absolute atomic E-state index is 14.8. The molecule has 8 rings (SSSR count). The van der Waals surface area contributed by atoms with Crippen LogP contribution in [0, 0.1) is 11.8 Å². The number of aromatic nitrogens is 2. The highest BCUT2D eigenvalue weighted by atomic mass is 32.1. The Morgan fingerprint density at radius 3 is 2.16 bits per heavy atom. The molecule has 6 atom stereocenters. The third-order valence-corrected chi connectivity index (χ3v) is 14.6. The van der Waals surface area contributed by atoms with Gasteiger partial charge in [-0.3, -0.25) is 14.1 Å². The van der Waals surface area contributed by atoms with Crippen LogP contribution >= 0.6 is 11.7 Å². The summed E-state index contributed by atoms with van der Waals surface area (Å²) in [6, 6.07) is 19.4. The van der Waals surface area contributed by atoms with Crippen LogP contribution in [0.5, 0.6) is 5.88 Å². The number of nitrogens with zero attached hydrogens (tertiary/aromatic N) is 4. The molecule has 12 heteroatoms. The van der Waals surface area contributed by atoms with Crippen LogP contribution in [0.15, 0.2) is 66.7 Å². The van der Waals surface area contributed by atoms with Gasteiger partial charge in [-0.25, -0.2) is 4.79 Å². The molecule has 3 saturated heterocycles. The van der Waals surface area contributed by atoms with Crippen LogP contribution in [-0.4, -0.2) is 99.9 Å². The fourth-order valence-electron chi connectivity index (χ4n) is 10.5. The van der Waals surface area contributed by atoms with E-state index >= 15 is 0 Å². The predicted octanol–water partition coefficient (Wildman–Crippen LogP) is 7.59. The van der Waals surface area contributed by atoms with E-state index in [9.17, 15) is 14.4 Å². The fraction of sp³-hybridized carbons (Fsp3) is 0.587. The number of quaternary nitrogens is 2. The molecular weight excluding hydrogens is 753 g/mol. The van der Waals surface area contributed by atoms with E-state index in [-0.39, 0.29) is 6.10 Å². The molecule has 11 nitrogen and oxygen atoms in total. The zero-order valence-electron chi connectivity index (χ0n) is 34.4. The van der Waals surface area contributed by atoms with Gasteiger partial charge in [0.25, 0.3) is 11.5 Å². The number of carbonyl (C=O) groups excluding carboxylic acids is 3. The number of likely N-dealkylation sites (N-methyl/N-ethyl adjacent to an activating group) is 1. The van der Waals surface area contributed by atoms with Crippen LogP contribution in [0.4, 0.5) is 0 Å². The third-order valence-electron chi connectivity index (χ3n) is 14.1. The van der Waals surface area contributed by atoms with E-state index in [4.69, 9.17) is 18.9 Å². The van der Waals surface area contributed by atoms with Crippen molar-refractivity contribution < 1.29 is 42.3 Å². The summed E-state index contributed by atoms with van der Waals surface area (Å²) in [6.07, 6.45) is 13.5. The van der Waals surface area contributed by atoms with Crippen LogP contribution in [-0.2, 0) is 34.2 Å². The normalized spacial score (nSPS) is 27.7. The molecule has 4 aliphatic heterocycles. The molecule has 1 aliphatic carbocycles. The van der Waals surface area contributed by atoms with Gasteiger partial charge in [0.2, 0.25) is 6.23 Å². The van der Waals surface area contributed by atoms with Crippen molar-refractivity contribution in [1.82, 2.24) is 8.75 Å². The molecule has 3 aromatic rings. The second kappa shape index (κ2) is 17.2. The molecule has 58 heavy (non-hydrogen) atoms. The number of carbonyl (C=O) groups is 3. The summed E-state index contributed by atoms with van der Waals surface area (Å²) in [4.78, 5) is 42.9. The summed E-state index contributed by atoms with van der Waals surface area (Å²) in [6.45, 7) is 8.55. The average Bonchev–Trinajstić information content (AvgIpc) is 3.59. The minimum absolute atomic E-state index is 0.249. The first kappa shape index (κ1) is 40.6. The number of esters is 3. The van der Waals surface area contributed by atoms with Crippen LogP contribution in [0.1, 0.15) is 108 Å². The van der Waals surface area contributed by atoms with Crippen molar-refractivity contribution in [2.45, 2.75) is 121 Å². The molecule has 2 aromatic carbocycles. The highest BCUT2D eigenvalue weighted by Gasteiger charge is 2.59. The fourth-order valence-corrected chi connectivity index (χ4v) is 11.0. The van der Waals surface area contributed by atoms with Crippen LogP contribution in [0.3, 0.4) is 0 Å². The van der Waals surface area contributed by atoms with Gasteiger partial charge >= 0.3 is 17.9 Å². The summed E-state index contributed by atoms with van der Waals surface area (Å²) >= 11 is 1.15. The minimum Gasteiger partial charge on any atom is -0.475 e. The Morgan fingerprint density at radius 1 is 0.845 bits per heavy atom. The number of hydrogen-bond acceptors (Lipinski definition) is 10. The largest absolute Gasteiger partial charge is 0.475 e. The lowest BCUT2D eigenvalue weighted by atomic mass is 9.85. The van der Waals surface area contributed by atoms with Crippen molar-refractivity contribution in [3.63, 3.8) is 0 Å². The van der Waals surface area contributed by atoms with Gasteiger partial charge in [-0.2, -0.15) is 4.37 Å². The second-order valence-corrected chi connectivity index (χ2v) is 18.2. The second-order valence-electron chi connectivity index (χ2n) is 17.7. The zero-order chi connectivity index (χ0) is 40.3. The Hall–Kier alpha value is -4.13. The molecule has 5 aliphatic rings. The Bertz CT molecular complexity index is 1890. The molecule has 0 radical (unpaired) electrons. The highest BCUT2D eigenvalue weighted by molar-refractivity contribution is 6.99. The molecule has 4 fully saturated rings. The van der Waals surface area contributed by atoms with Crippen LogP contribution in [0.25, 0.3) is 5.57 Å². The minimum atomic E-state index is -1.84. The topological polar surface area (TPSA) is 114 Å². The van der Waals surface area contributed by atoms with Gasteiger partial charge in [0.1, 0.15) is 18.3 Å². The summed E-state index contributed by atoms with van der Waals surface area (Å²) in [5.74, 6) is -2.45. The molecule has 5 heterocycles. The van der Waals surface area contributed by atoms with E-state index in [2.05, 4.69) is 28.8 Å². The van der Waals surface area contributed by atoms with E-state index in [1.165, 1.54) is 56.1 Å². The molecule has 1 aromatic heterocycles. The van der Waals surface area contributed by atoms with Gasteiger partial charge in [-0.1, -0.05) is 92.9 Å². The van der Waals surface area contributed by atoms with E-state index in [1.807, 2.05) is 67.6 Å². The summed E-state index contributed by atoms with van der Waals surface area (Å²) < 4.78 is 35.8. The van der Waals surface area contributed by atoms with Crippen molar-refractivity contribution in [2.75, 3.05) is 39.8 Å². The first-order valence-electron chi connectivity index (χ1n) is 21.8. The first-order valence-corrected chi connectivity index (χ1v) is 22.5. The van der Waals surface area contributed by atoms with Gasteiger partial charge in [0, 0.05) is 68.6 Å². The Morgan fingerprint density at radius 2 is 1.50 bits per heavy atom. The Balaban J connectivity index is 0.943. The molecule has 4 unspecified atom stereocenters. The predicted molar refractivity (Wildman–Crippen MR) is 220 cm³/mol. The van der Waals surface area contributed by atoms with Gasteiger partial charge in [0.15, 0.2) is 0 Å². The molecular formula is C46H60N4O7S+2. The molecule has 0 N–H and O–H groups in total. The van der Waals surface area contributed by atoms with E-state index in [0.717, 1.165) is 61.6 Å². The summed E-state index contributed by atoms with van der Waals surface area (Å²) in [5, 5.41) is 0. The number of ether oxygens (including phenoxy) is 4. The first-order chi connectivity index (χ1) is 28.2. The van der Waals surface area contributed by atoms with Crippen molar-refractivity contribution in [1.29, 1.82) is 0 Å². The lowest BCUT2D eigenvalue weighted by Crippen LogP contribution is -2.60. The number of piperidine rings is 1. The SMILES string of the molecule is CCCCCCOc1nsnc1C1=CCC[N+](C)(C(C)OC(=O)[C@H]2C[C@H]2C(=O)OC(C(=O)OC2CC3CCC(C2)[N+]32CCCC2)(c2ccccc2)c2ccccc2)C1. The third kappa shape index (κ3) is 7.96. The van der Waals surface area contributed by atoms with Crippen molar-refractivity contribution in [3.8, 4) is 5.88 Å². The van der Waals surface area contributed by atoms with Crippen molar-refractivity contribution >= 4 is 35.2 Å². The monoisotopic (exact) mass is 812 g/mol. The zero-order valence-corrected chi connectivity index (χ0v) is 35.2. The van der Waals surface area contributed by atoms with Gasteiger partial charge in [0.05, 0.1) is 68.9 Å². The van der Waals surface area contributed by atoms with E-state index in [1.54, 1.807) is 0 Å². The van der Waals surface area contributed by atoms with Gasteiger partial charge < -0.3 is 23.4 Å². The van der Waals surface area contributed by atoms with Crippen molar-refractivity contribution in [3.05, 3.63) is 83.6 Å². The average molecular weight is 813 g/mol. The quantitative estimate of drug-likeness (QED) is 0.0625. The van der Waals surface area contributed by atoms with Crippen molar-refractivity contribution in [2.24, 2.45) is 11.8 Å². The Labute approximate surface area is 347 Å². The van der Waals surface area contributed by atoms with E-state index < -0.39 is 41.6 Å². The van der Waals surface area contributed by atoms with Crippen LogP contribution in [0.2, 0.25) is 0 Å². The maximum Gasteiger partial charge on any atom is 0.360 e. The smallest absolute Gasteiger partial charge is 0.360 e. The van der Waals surface area contributed by atoms with Gasteiger partial charge in [-0.05, 0) is 12.8 Å². The molecule has 310 valence electrons. The number of hydrogen-bond donors (Lipinski definition) is 0. The lowest BCUT2D eigenvalue weighted by molar-refractivity contribution is -0.956. The number of unbranched alkanes of at least 4 members (excludes halogenated alkanes) is 3. The Kier molecular flexibility index (Phi) is 12.1. The lowest BCUT2D eigenvalue weighted by Gasteiger charge is -2.47. The standard InChI is InChI=1S/C46H60N4O7S/c1-4-5-6-15-27-54-42-41(47-58-48-42)33-17-16-24-49(3,31-33)32(2)55-43(51)39-30-40(39)44(52)57-46(34-18-9-7-10-19-34,35-20-11-8-12-21-35)45(53)56-38-28-36-22-23-37(29-38)50(36)25-13-14-26-50/h7-12,17-21,32,36-40H,4-6,13-16,22-31H2,1-3H3/q+2/t32?,36?,37?,38?,39-,40+,49?/m0/s1. The van der Waals surface area contributed by atoms with E-state index in [0.29, 0.717) is 53.1 Å². The summed E-state index contributed by atoms with van der Waals surface area (Å²) in [7, 11) is 2.08. The molecule has 1 spiro atoms. The number of benzene rings is 2. The number of rotatable bonds is 16. The van der Waals surface area contributed by atoms with Crippen LogP contribution < -0.4 is 4.74 Å². The summed E-state index contributed by atoms with van der Waals surface area (Å²) in [5.41, 5.74) is 0.991. The molecule has 2 bridgehead atoms.